The lowest BCUT2D eigenvalue weighted by molar-refractivity contribution is 0.235. The summed E-state index contributed by atoms with van der Waals surface area (Å²) in [6.45, 7) is 7.77. The molecule has 0 radical (unpaired) electrons. The zero-order valence-electron chi connectivity index (χ0n) is 10.5. The molecule has 17 heavy (non-hydrogen) atoms. The summed E-state index contributed by atoms with van der Waals surface area (Å²) in [6.07, 6.45) is 1.32. The predicted octanol–water partition coefficient (Wildman–Crippen LogP) is 3.49. The van der Waals surface area contributed by atoms with Crippen LogP contribution in [0.15, 0.2) is 15.9 Å². The first kappa shape index (κ1) is 13.5. The molecule has 2 heterocycles. The van der Waals surface area contributed by atoms with Gasteiger partial charge in [-0.2, -0.15) is 0 Å². The molecule has 1 fully saturated rings. The highest BCUT2D eigenvalue weighted by Gasteiger charge is 2.30. The maximum Gasteiger partial charge on any atom is 0.0564 e. The molecule has 0 aromatic carbocycles. The minimum Gasteiger partial charge on any atom is -0.329 e. The Morgan fingerprint density at radius 2 is 2.35 bits per heavy atom. The summed E-state index contributed by atoms with van der Waals surface area (Å²) in [5.74, 6) is 1.63. The molecule has 1 aromatic rings. The second-order valence-corrected chi connectivity index (χ2v) is 7.06. The third-order valence-electron chi connectivity index (χ3n) is 3.78. The van der Waals surface area contributed by atoms with Gasteiger partial charge in [0.15, 0.2) is 0 Å². The molecule has 0 aliphatic carbocycles. The molecule has 2 rings (SSSR count). The highest BCUT2D eigenvalue weighted by molar-refractivity contribution is 9.10. The normalized spacial score (nSPS) is 23.5. The molecule has 4 heteroatoms. The van der Waals surface area contributed by atoms with Crippen LogP contribution < -0.4 is 5.73 Å². The number of thiophene rings is 1. The Balaban J connectivity index is 2.05. The van der Waals surface area contributed by atoms with Gasteiger partial charge in [0.2, 0.25) is 0 Å². The van der Waals surface area contributed by atoms with Crippen LogP contribution in [0.3, 0.4) is 0 Å². The van der Waals surface area contributed by atoms with Crippen LogP contribution in [0.1, 0.15) is 31.2 Å². The Bertz CT molecular complexity index is 364. The van der Waals surface area contributed by atoms with Crippen molar-refractivity contribution in [1.29, 1.82) is 0 Å². The molecule has 2 N–H and O–H groups in total. The van der Waals surface area contributed by atoms with Crippen LogP contribution in [0.2, 0.25) is 0 Å². The number of nitrogens with zero attached hydrogens (tertiary/aromatic N) is 1. The fraction of sp³-hybridized carbons (Fsp3) is 0.692. The first-order valence-corrected chi connectivity index (χ1v) is 7.97. The Labute approximate surface area is 116 Å². The summed E-state index contributed by atoms with van der Waals surface area (Å²) < 4.78 is 1.18. The number of halogens is 1. The van der Waals surface area contributed by atoms with Gasteiger partial charge in [-0.15, -0.1) is 11.3 Å². The van der Waals surface area contributed by atoms with Crippen LogP contribution in [-0.4, -0.2) is 24.5 Å². The standard InChI is InChI=1S/C13H21BrN2S/c1-9(2)10-3-4-16(7-10)12(6-15)13-5-11(14)8-17-13/h5,8-10,12H,3-4,6-7,15H2,1-2H3. The molecule has 1 aromatic heterocycles. The van der Waals surface area contributed by atoms with Crippen LogP contribution in [0.4, 0.5) is 0 Å². The van der Waals surface area contributed by atoms with Crippen molar-refractivity contribution in [2.24, 2.45) is 17.6 Å². The monoisotopic (exact) mass is 316 g/mol. The molecular weight excluding hydrogens is 296 g/mol. The van der Waals surface area contributed by atoms with Crippen molar-refractivity contribution in [3.63, 3.8) is 0 Å². The summed E-state index contributed by atoms with van der Waals surface area (Å²) in [7, 11) is 0. The summed E-state index contributed by atoms with van der Waals surface area (Å²) in [4.78, 5) is 3.95. The van der Waals surface area contributed by atoms with E-state index in [-0.39, 0.29) is 0 Å². The van der Waals surface area contributed by atoms with Crippen molar-refractivity contribution in [3.8, 4) is 0 Å². The van der Waals surface area contributed by atoms with E-state index in [1.54, 1.807) is 0 Å². The van der Waals surface area contributed by atoms with Crippen molar-refractivity contribution in [1.82, 2.24) is 4.90 Å². The van der Waals surface area contributed by atoms with Crippen LogP contribution in [-0.2, 0) is 0 Å². The molecule has 0 spiro atoms. The quantitative estimate of drug-likeness (QED) is 0.921. The number of likely N-dealkylation sites (tertiary alicyclic amines) is 1. The first-order chi connectivity index (χ1) is 8.11. The topological polar surface area (TPSA) is 29.3 Å². The molecule has 96 valence electrons. The molecule has 2 unspecified atom stereocenters. The van der Waals surface area contributed by atoms with E-state index < -0.39 is 0 Å². The van der Waals surface area contributed by atoms with E-state index in [2.05, 4.69) is 46.1 Å². The fourth-order valence-electron chi connectivity index (χ4n) is 2.59. The van der Waals surface area contributed by atoms with Crippen LogP contribution in [0.25, 0.3) is 0 Å². The van der Waals surface area contributed by atoms with Crippen molar-refractivity contribution < 1.29 is 0 Å². The van der Waals surface area contributed by atoms with Gasteiger partial charge in [-0.1, -0.05) is 13.8 Å². The molecule has 1 aliphatic heterocycles. The third kappa shape index (κ3) is 3.11. The minimum atomic E-state index is 0.412. The first-order valence-electron chi connectivity index (χ1n) is 6.30. The van der Waals surface area contributed by atoms with Gasteiger partial charge in [0, 0.05) is 27.8 Å². The summed E-state index contributed by atoms with van der Waals surface area (Å²) in [6, 6.07) is 2.63. The predicted molar refractivity (Wildman–Crippen MR) is 78.3 cm³/mol. The zero-order chi connectivity index (χ0) is 12.4. The Hall–Kier alpha value is 0.1000. The number of rotatable bonds is 4. The van der Waals surface area contributed by atoms with Gasteiger partial charge in [-0.05, 0) is 46.8 Å². The van der Waals surface area contributed by atoms with Crippen molar-refractivity contribution in [2.75, 3.05) is 19.6 Å². The Kier molecular flexibility index (Phi) is 4.64. The maximum absolute atomic E-state index is 5.97. The highest BCUT2D eigenvalue weighted by Crippen LogP contribution is 2.34. The van der Waals surface area contributed by atoms with E-state index in [4.69, 9.17) is 5.73 Å². The minimum absolute atomic E-state index is 0.412. The van der Waals surface area contributed by atoms with Crippen molar-refractivity contribution in [2.45, 2.75) is 26.3 Å². The molecular formula is C13H21BrN2S. The molecule has 2 atom stereocenters. The van der Waals surface area contributed by atoms with Crippen LogP contribution in [0, 0.1) is 11.8 Å². The van der Waals surface area contributed by atoms with E-state index in [1.165, 1.54) is 28.9 Å². The number of nitrogens with two attached hydrogens (primary N) is 1. The van der Waals surface area contributed by atoms with Gasteiger partial charge in [-0.3, -0.25) is 4.90 Å². The van der Waals surface area contributed by atoms with Crippen molar-refractivity contribution >= 4 is 27.3 Å². The SMILES string of the molecule is CC(C)C1CCN(C(CN)c2cc(Br)cs2)C1. The van der Waals surface area contributed by atoms with Gasteiger partial charge in [0.1, 0.15) is 0 Å². The zero-order valence-corrected chi connectivity index (χ0v) is 12.9. The Morgan fingerprint density at radius 3 is 2.82 bits per heavy atom. The average molecular weight is 317 g/mol. The van der Waals surface area contributed by atoms with E-state index >= 15 is 0 Å². The lowest BCUT2D eigenvalue weighted by atomic mass is 9.95. The van der Waals surface area contributed by atoms with E-state index in [0.29, 0.717) is 6.04 Å². The maximum atomic E-state index is 5.97. The second kappa shape index (κ2) is 5.83. The van der Waals surface area contributed by atoms with Gasteiger partial charge in [0.05, 0.1) is 6.04 Å². The third-order valence-corrected chi connectivity index (χ3v) is 5.57. The van der Waals surface area contributed by atoms with Crippen LogP contribution >= 0.6 is 27.3 Å². The summed E-state index contributed by atoms with van der Waals surface area (Å²) >= 11 is 5.33. The molecule has 0 bridgehead atoms. The van der Waals surface area contributed by atoms with Gasteiger partial charge >= 0.3 is 0 Å². The molecule has 0 saturated carbocycles. The van der Waals surface area contributed by atoms with E-state index in [9.17, 15) is 0 Å². The number of hydrogen-bond acceptors (Lipinski definition) is 3. The smallest absolute Gasteiger partial charge is 0.0564 e. The molecule has 2 nitrogen and oxygen atoms in total. The van der Waals surface area contributed by atoms with E-state index in [1.807, 2.05) is 11.3 Å². The van der Waals surface area contributed by atoms with Crippen LogP contribution in [0.5, 0.6) is 0 Å². The molecule has 1 saturated heterocycles. The lowest BCUT2D eigenvalue weighted by Gasteiger charge is -2.26. The van der Waals surface area contributed by atoms with E-state index in [0.717, 1.165) is 18.4 Å². The highest BCUT2D eigenvalue weighted by atomic mass is 79.9. The van der Waals surface area contributed by atoms with Gasteiger partial charge in [-0.25, -0.2) is 0 Å². The van der Waals surface area contributed by atoms with Gasteiger partial charge < -0.3 is 5.73 Å². The molecule has 1 aliphatic rings. The Morgan fingerprint density at radius 1 is 1.59 bits per heavy atom. The summed E-state index contributed by atoms with van der Waals surface area (Å²) in [5.41, 5.74) is 5.97. The fourth-order valence-corrected chi connectivity index (χ4v) is 4.18. The summed E-state index contributed by atoms with van der Waals surface area (Å²) in [5, 5.41) is 2.15. The molecule has 0 amide bonds. The van der Waals surface area contributed by atoms with Gasteiger partial charge in [0.25, 0.3) is 0 Å². The second-order valence-electron chi connectivity index (χ2n) is 5.21. The van der Waals surface area contributed by atoms with Crippen molar-refractivity contribution in [3.05, 3.63) is 20.8 Å². The lowest BCUT2D eigenvalue weighted by Crippen LogP contribution is -2.32. The largest absolute Gasteiger partial charge is 0.329 e. The average Bonchev–Trinajstić information content (AvgIpc) is 2.89. The number of hydrogen-bond donors (Lipinski definition) is 1.